The van der Waals surface area contributed by atoms with Crippen LogP contribution < -0.4 is 14.3 Å². The summed E-state index contributed by atoms with van der Waals surface area (Å²) < 4.78 is 48.2. The molecule has 2 heterocycles. The number of nitrogens with zero attached hydrogens (tertiary/aromatic N) is 2. The van der Waals surface area contributed by atoms with Crippen molar-refractivity contribution in [2.75, 3.05) is 0 Å². The molecule has 0 atom stereocenters. The molecular weight excluding hydrogens is 521 g/mol. The Morgan fingerprint density at radius 2 is 1.90 bits per heavy atom. The first kappa shape index (κ1) is 24.9. The van der Waals surface area contributed by atoms with Crippen LogP contribution in [0.25, 0.3) is 44.0 Å². The molecule has 198 valence electrons. The predicted octanol–water partition coefficient (Wildman–Crippen LogP) is 6.28. The fraction of sp³-hybridized carbons (Fsp3) is 0.241. The van der Waals surface area contributed by atoms with E-state index < -0.39 is 10.5 Å². The van der Waals surface area contributed by atoms with Gasteiger partial charge in [0.05, 0.1) is 34.0 Å². The maximum Gasteiger partial charge on any atom is 0.488 e. The minimum atomic E-state index is -5.20. The van der Waals surface area contributed by atoms with Gasteiger partial charge in [0.25, 0.3) is 0 Å². The average molecular weight is 546 g/mol. The first-order valence-electron chi connectivity index (χ1n) is 12.6. The summed E-state index contributed by atoms with van der Waals surface area (Å²) in [5.41, 5.74) is 3.57. The van der Waals surface area contributed by atoms with Gasteiger partial charge in [-0.1, -0.05) is 22.1 Å². The van der Waals surface area contributed by atoms with E-state index in [9.17, 15) is 22.4 Å². The lowest BCUT2D eigenvalue weighted by Crippen LogP contribution is -2.21. The van der Waals surface area contributed by atoms with Crippen LogP contribution in [0.1, 0.15) is 44.7 Å². The topological polar surface area (TPSA) is 114 Å². The van der Waals surface area contributed by atoms with Gasteiger partial charge in [-0.05, 0) is 75.1 Å². The molecule has 39 heavy (non-hydrogen) atoms. The van der Waals surface area contributed by atoms with Gasteiger partial charge in [-0.2, -0.15) is 13.7 Å². The molecule has 0 aliphatic heterocycles. The number of nitrogens with one attached hydrogen (secondary N) is 1. The van der Waals surface area contributed by atoms with E-state index in [1.54, 1.807) is 36.4 Å². The van der Waals surface area contributed by atoms with Gasteiger partial charge in [-0.25, -0.2) is 0 Å². The lowest BCUT2D eigenvalue weighted by Gasteiger charge is -2.31. The number of rotatable bonds is 6. The van der Waals surface area contributed by atoms with Crippen LogP contribution in [0, 0.1) is 11.3 Å². The monoisotopic (exact) mass is 545 g/mol. The zero-order valence-electron chi connectivity index (χ0n) is 21.2. The predicted molar refractivity (Wildman–Crippen MR) is 147 cm³/mol. The third-order valence-corrected chi connectivity index (χ3v) is 7.51. The summed E-state index contributed by atoms with van der Waals surface area (Å²) in [5.74, 6) is 0.252. The molecule has 1 fully saturated rings. The molecule has 5 aromatic rings. The summed E-state index contributed by atoms with van der Waals surface area (Å²) in [4.78, 5) is 17.4. The second-order valence-electron chi connectivity index (χ2n) is 10.0. The van der Waals surface area contributed by atoms with Gasteiger partial charge in [0.2, 0.25) is 0 Å². The second kappa shape index (κ2) is 9.13. The molecule has 3 aromatic carbocycles. The van der Waals surface area contributed by atoms with Crippen LogP contribution in [-0.4, -0.2) is 24.1 Å². The van der Waals surface area contributed by atoms with Crippen molar-refractivity contribution in [2.45, 2.75) is 45.3 Å². The van der Waals surface area contributed by atoms with Gasteiger partial charge >= 0.3 is 10.5 Å². The molecule has 0 bridgehead atoms. The molecule has 0 spiro atoms. The molecule has 0 amide bonds. The number of pyridine rings is 1. The highest BCUT2D eigenvalue weighted by molar-refractivity contribution is 7.81. The number of fused-ring (bicyclic) bond motifs is 4. The van der Waals surface area contributed by atoms with Crippen molar-refractivity contribution in [3.8, 4) is 28.7 Å². The summed E-state index contributed by atoms with van der Waals surface area (Å²) in [6.07, 6.45) is 2.74. The minimum Gasteiger partial charge on any atom is -0.490 e. The Morgan fingerprint density at radius 3 is 2.56 bits per heavy atom. The first-order valence-corrected chi connectivity index (χ1v) is 13.9. The zero-order chi connectivity index (χ0) is 27.5. The fourth-order valence-corrected chi connectivity index (χ4v) is 5.63. The molecule has 2 aromatic heterocycles. The number of hydrogen-bond acceptors (Lipinski definition) is 6. The summed E-state index contributed by atoms with van der Waals surface area (Å²) in [5, 5.41) is 11.2. The lowest BCUT2D eigenvalue weighted by molar-refractivity contribution is 0.244. The number of aromatic amines is 1. The van der Waals surface area contributed by atoms with E-state index in [0.717, 1.165) is 24.6 Å². The summed E-state index contributed by atoms with van der Waals surface area (Å²) >= 11 is 0. The van der Waals surface area contributed by atoms with Crippen molar-refractivity contribution in [1.82, 2.24) is 9.55 Å². The Morgan fingerprint density at radius 1 is 1.10 bits per heavy atom. The van der Waals surface area contributed by atoms with Crippen molar-refractivity contribution in [3.05, 3.63) is 70.4 Å². The third-order valence-electron chi connectivity index (χ3n) is 7.12. The van der Waals surface area contributed by atoms with Crippen molar-refractivity contribution in [3.63, 3.8) is 0 Å². The normalized spacial score (nSPS) is 14.1. The minimum absolute atomic E-state index is 0.160. The number of halogens is 1. The lowest BCUT2D eigenvalue weighted by atomic mass is 9.91. The summed E-state index contributed by atoms with van der Waals surface area (Å²) in [6.45, 7) is 3.73. The Bertz CT molecular complexity index is 2000. The van der Waals surface area contributed by atoms with Gasteiger partial charge in [0.1, 0.15) is 17.1 Å². The van der Waals surface area contributed by atoms with Gasteiger partial charge in [0, 0.05) is 22.5 Å². The molecule has 8 nitrogen and oxygen atoms in total. The Hall–Kier alpha value is -4.36. The molecule has 1 aliphatic carbocycles. The smallest absolute Gasteiger partial charge is 0.488 e. The number of ether oxygens (including phenoxy) is 1. The molecule has 1 aliphatic rings. The van der Waals surface area contributed by atoms with E-state index in [0.29, 0.717) is 49.9 Å². The van der Waals surface area contributed by atoms with Crippen LogP contribution in [-0.2, 0) is 10.5 Å². The molecule has 1 saturated carbocycles. The largest absolute Gasteiger partial charge is 0.490 e. The highest BCUT2D eigenvalue weighted by atomic mass is 32.3. The Labute approximate surface area is 223 Å². The maximum absolute atomic E-state index is 14.0. The van der Waals surface area contributed by atoms with E-state index >= 15 is 0 Å². The molecule has 10 heteroatoms. The molecular formula is C29H24FN3O5S. The Balaban J connectivity index is 1.69. The highest BCUT2D eigenvalue weighted by Gasteiger charge is 2.27. The molecule has 0 radical (unpaired) electrons. The number of H-pyrrole nitrogens is 1. The summed E-state index contributed by atoms with van der Waals surface area (Å²) in [6, 6.07) is 17.2. The molecule has 1 N–H and O–H groups in total. The highest BCUT2D eigenvalue weighted by Crippen LogP contribution is 2.41. The number of hydrogen-bond donors (Lipinski definition) is 1. The zero-order valence-corrected chi connectivity index (χ0v) is 22.0. The van der Waals surface area contributed by atoms with Gasteiger partial charge in [0.15, 0.2) is 5.43 Å². The van der Waals surface area contributed by atoms with Gasteiger partial charge in [-0.15, -0.1) is 0 Å². The van der Waals surface area contributed by atoms with Crippen molar-refractivity contribution >= 4 is 43.3 Å². The number of benzene rings is 3. The van der Waals surface area contributed by atoms with E-state index in [4.69, 9.17) is 4.74 Å². The second-order valence-corrected chi connectivity index (χ2v) is 11.0. The van der Waals surface area contributed by atoms with Crippen LogP contribution in [0.5, 0.6) is 11.5 Å². The van der Waals surface area contributed by atoms with Crippen molar-refractivity contribution in [1.29, 1.82) is 5.26 Å². The van der Waals surface area contributed by atoms with E-state index in [-0.39, 0.29) is 23.3 Å². The quantitative estimate of drug-likeness (QED) is 0.251. The number of nitriles is 1. The molecule has 0 unspecified atom stereocenters. The van der Waals surface area contributed by atoms with E-state index in [1.807, 2.05) is 19.9 Å². The van der Waals surface area contributed by atoms with Crippen molar-refractivity contribution < 1.29 is 21.2 Å². The van der Waals surface area contributed by atoms with Crippen LogP contribution in [0.3, 0.4) is 0 Å². The molecule has 0 saturated heterocycles. The molecule has 6 rings (SSSR count). The maximum atomic E-state index is 14.0. The summed E-state index contributed by atoms with van der Waals surface area (Å²) in [7, 11) is -5.20. The van der Waals surface area contributed by atoms with Crippen LogP contribution in [0.2, 0.25) is 0 Å². The van der Waals surface area contributed by atoms with Crippen LogP contribution >= 0.6 is 0 Å². The van der Waals surface area contributed by atoms with Gasteiger partial charge < -0.3 is 18.5 Å². The van der Waals surface area contributed by atoms with Crippen LogP contribution in [0.4, 0.5) is 3.89 Å². The standard InChI is InChI=1S/C29H24FN3O5S/c1-16(2)37-26-14-23-25(13-22(26)18-5-3-8-20(12-18)38-39(30,35)36)33(19-6-4-7-19)29-27(28(23)34)21-10-9-17(15-31)11-24(21)32-29/h3,5,8-14,16,19,32H,4,6-7H2,1-2H3. The third kappa shape index (κ3) is 4.38. The van der Waals surface area contributed by atoms with Gasteiger partial charge in [-0.3, -0.25) is 4.79 Å². The SMILES string of the molecule is CC(C)Oc1cc2c(=O)c3c4ccc(C#N)cc4[nH]c3n(C3CCC3)c2cc1-c1cccc(OS(=O)(=O)F)c1. The number of aromatic nitrogens is 2. The van der Waals surface area contributed by atoms with E-state index in [2.05, 4.69) is 19.8 Å². The Kier molecular flexibility index (Phi) is 5.84. The van der Waals surface area contributed by atoms with Crippen LogP contribution in [0.15, 0.2) is 59.4 Å². The van der Waals surface area contributed by atoms with Crippen molar-refractivity contribution in [2.24, 2.45) is 0 Å². The van der Waals surface area contributed by atoms with E-state index in [1.165, 1.54) is 12.1 Å². The fourth-order valence-electron chi connectivity index (χ4n) is 5.30. The average Bonchev–Trinajstić information content (AvgIpc) is 3.22. The first-order chi connectivity index (χ1) is 18.6.